The summed E-state index contributed by atoms with van der Waals surface area (Å²) in [5.41, 5.74) is 1.24. The number of aliphatic imine (C=N–C) groups is 1. The Hall–Kier alpha value is -2.96. The molecule has 0 spiro atoms. The number of benzene rings is 1. The summed E-state index contributed by atoms with van der Waals surface area (Å²) in [6, 6.07) is 11.7. The van der Waals surface area contributed by atoms with Gasteiger partial charge in [-0.3, -0.25) is 9.79 Å². The predicted molar refractivity (Wildman–Crippen MR) is 118 cm³/mol. The Morgan fingerprint density at radius 3 is 2.43 bits per heavy atom. The highest BCUT2D eigenvalue weighted by molar-refractivity contribution is 5.91. The zero-order valence-corrected chi connectivity index (χ0v) is 18.1. The molecule has 1 aromatic carbocycles. The molecule has 162 valence electrons. The van der Waals surface area contributed by atoms with Crippen molar-refractivity contribution in [1.82, 2.24) is 15.1 Å². The van der Waals surface area contributed by atoms with Gasteiger partial charge in [-0.1, -0.05) is 12.1 Å². The maximum Gasteiger partial charge on any atom is 0.289 e. The lowest BCUT2D eigenvalue weighted by Crippen LogP contribution is -2.53. The lowest BCUT2D eigenvalue weighted by molar-refractivity contribution is 0.0657. The summed E-state index contributed by atoms with van der Waals surface area (Å²) in [6.45, 7) is 10.4. The summed E-state index contributed by atoms with van der Waals surface area (Å²) < 4.78 is 10.9. The summed E-state index contributed by atoms with van der Waals surface area (Å²) >= 11 is 0. The second-order valence-corrected chi connectivity index (χ2v) is 7.55. The van der Waals surface area contributed by atoms with Crippen molar-refractivity contribution in [1.29, 1.82) is 0 Å². The van der Waals surface area contributed by atoms with Crippen molar-refractivity contribution in [3.63, 3.8) is 0 Å². The van der Waals surface area contributed by atoms with E-state index in [4.69, 9.17) is 14.1 Å². The minimum atomic E-state index is -0.0496. The van der Waals surface area contributed by atoms with Crippen LogP contribution in [0.4, 0.5) is 0 Å². The molecule has 3 rings (SSSR count). The van der Waals surface area contributed by atoms with Crippen LogP contribution in [0.5, 0.6) is 5.75 Å². The van der Waals surface area contributed by atoms with Crippen molar-refractivity contribution in [3.05, 3.63) is 54.0 Å². The number of amides is 1. The number of nitrogens with one attached hydrogen (secondary N) is 1. The maximum atomic E-state index is 12.4. The molecule has 7 nitrogen and oxygen atoms in total. The van der Waals surface area contributed by atoms with Gasteiger partial charge in [0.15, 0.2) is 11.7 Å². The molecule has 1 fully saturated rings. The average molecular weight is 413 g/mol. The number of ether oxygens (including phenoxy) is 1. The Balaban J connectivity index is 1.51. The van der Waals surface area contributed by atoms with E-state index < -0.39 is 0 Å². The molecule has 0 aliphatic carbocycles. The molecule has 1 aliphatic rings. The number of piperazine rings is 1. The van der Waals surface area contributed by atoms with Crippen LogP contribution >= 0.6 is 0 Å². The normalized spacial score (nSPS) is 14.9. The van der Waals surface area contributed by atoms with Crippen molar-refractivity contribution >= 4 is 11.9 Å². The molecule has 1 amide bonds. The number of furan rings is 1. The van der Waals surface area contributed by atoms with Gasteiger partial charge in [-0.2, -0.15) is 0 Å². The number of hydrogen-bond acceptors (Lipinski definition) is 4. The molecule has 0 atom stereocenters. The van der Waals surface area contributed by atoms with Gasteiger partial charge in [-0.25, -0.2) is 0 Å². The van der Waals surface area contributed by atoms with E-state index in [-0.39, 0.29) is 12.0 Å². The van der Waals surface area contributed by atoms with Gasteiger partial charge in [0.05, 0.1) is 12.4 Å². The maximum absolute atomic E-state index is 12.4. The van der Waals surface area contributed by atoms with Crippen molar-refractivity contribution in [2.24, 2.45) is 4.99 Å². The molecule has 0 radical (unpaired) electrons. The molecule has 30 heavy (non-hydrogen) atoms. The van der Waals surface area contributed by atoms with Crippen molar-refractivity contribution < 1.29 is 13.9 Å². The molecular formula is C23H32N4O3. The van der Waals surface area contributed by atoms with Crippen LogP contribution in [-0.4, -0.2) is 67.0 Å². The molecule has 0 saturated carbocycles. The molecule has 2 aromatic rings. The molecule has 1 aromatic heterocycles. The number of guanidine groups is 1. The fraction of sp³-hybridized carbons (Fsp3) is 0.478. The lowest BCUT2D eigenvalue weighted by atomic mass is 10.1. The van der Waals surface area contributed by atoms with Crippen LogP contribution in [0.15, 0.2) is 52.1 Å². The summed E-state index contributed by atoms with van der Waals surface area (Å²) in [5.74, 6) is 2.15. The largest absolute Gasteiger partial charge is 0.491 e. The van der Waals surface area contributed by atoms with Crippen LogP contribution in [0.25, 0.3) is 0 Å². The van der Waals surface area contributed by atoms with Gasteiger partial charge < -0.3 is 24.3 Å². The first kappa shape index (κ1) is 21.7. The molecule has 7 heteroatoms. The number of carbonyl (C=O) groups excluding carboxylic acids is 1. The quantitative estimate of drug-likeness (QED) is 0.559. The van der Waals surface area contributed by atoms with Crippen molar-refractivity contribution in [2.75, 3.05) is 39.3 Å². The van der Waals surface area contributed by atoms with Crippen LogP contribution in [0.1, 0.15) is 36.9 Å². The van der Waals surface area contributed by atoms with Gasteiger partial charge in [0.25, 0.3) is 5.91 Å². The van der Waals surface area contributed by atoms with E-state index in [1.165, 1.54) is 11.8 Å². The Morgan fingerprint density at radius 2 is 1.83 bits per heavy atom. The Morgan fingerprint density at radius 1 is 1.13 bits per heavy atom. The Bertz CT molecular complexity index is 807. The van der Waals surface area contributed by atoms with E-state index in [0.717, 1.165) is 37.8 Å². The van der Waals surface area contributed by atoms with Crippen LogP contribution in [0.2, 0.25) is 0 Å². The summed E-state index contributed by atoms with van der Waals surface area (Å²) in [7, 11) is 0. The van der Waals surface area contributed by atoms with Gasteiger partial charge in [-0.15, -0.1) is 0 Å². The highest BCUT2D eigenvalue weighted by atomic mass is 16.5. The lowest BCUT2D eigenvalue weighted by Gasteiger charge is -2.36. The van der Waals surface area contributed by atoms with Crippen LogP contribution in [-0.2, 0) is 6.42 Å². The fourth-order valence-corrected chi connectivity index (χ4v) is 3.40. The van der Waals surface area contributed by atoms with E-state index in [9.17, 15) is 4.79 Å². The van der Waals surface area contributed by atoms with E-state index >= 15 is 0 Å². The summed E-state index contributed by atoms with van der Waals surface area (Å²) in [6.07, 6.45) is 2.58. The second-order valence-electron chi connectivity index (χ2n) is 7.55. The molecule has 1 N–H and O–H groups in total. The van der Waals surface area contributed by atoms with Crippen molar-refractivity contribution in [2.45, 2.75) is 33.3 Å². The summed E-state index contributed by atoms with van der Waals surface area (Å²) in [4.78, 5) is 21.3. The minimum absolute atomic E-state index is 0.0496. The van der Waals surface area contributed by atoms with Crippen molar-refractivity contribution in [3.8, 4) is 5.75 Å². The smallest absolute Gasteiger partial charge is 0.289 e. The van der Waals surface area contributed by atoms with E-state index in [1.54, 1.807) is 12.1 Å². The van der Waals surface area contributed by atoms with Crippen LogP contribution in [0, 0.1) is 0 Å². The van der Waals surface area contributed by atoms with Gasteiger partial charge in [0.1, 0.15) is 5.75 Å². The number of hydrogen-bond donors (Lipinski definition) is 1. The average Bonchev–Trinajstić information content (AvgIpc) is 3.28. The van der Waals surface area contributed by atoms with Gasteiger partial charge in [0, 0.05) is 39.3 Å². The second kappa shape index (κ2) is 10.7. The first-order chi connectivity index (χ1) is 14.6. The Labute approximate surface area is 178 Å². The van der Waals surface area contributed by atoms with Gasteiger partial charge in [0.2, 0.25) is 0 Å². The monoisotopic (exact) mass is 412 g/mol. The molecule has 0 bridgehead atoms. The predicted octanol–water partition coefficient (Wildman–Crippen LogP) is 3.03. The first-order valence-corrected chi connectivity index (χ1v) is 10.7. The van der Waals surface area contributed by atoms with E-state index in [0.29, 0.717) is 25.4 Å². The third kappa shape index (κ3) is 6.02. The standard InChI is InChI=1S/C23H32N4O3/c1-4-24-23(25-12-11-19-7-9-20(10-8-19)30-18(2)3)27-15-13-26(14-16-27)22(28)21-6-5-17-29-21/h5-10,17-18H,4,11-16H2,1-3H3,(H,24,25). The Kier molecular flexibility index (Phi) is 7.76. The molecule has 1 saturated heterocycles. The fourth-order valence-electron chi connectivity index (χ4n) is 3.40. The third-order valence-electron chi connectivity index (χ3n) is 4.89. The molecule has 2 heterocycles. The zero-order chi connectivity index (χ0) is 21.3. The molecule has 0 unspecified atom stereocenters. The zero-order valence-electron chi connectivity index (χ0n) is 18.1. The van der Waals surface area contributed by atoms with E-state index in [1.807, 2.05) is 30.9 Å². The number of nitrogens with zero attached hydrogens (tertiary/aromatic N) is 3. The molecule has 1 aliphatic heterocycles. The van der Waals surface area contributed by atoms with Crippen LogP contribution in [0.3, 0.4) is 0 Å². The van der Waals surface area contributed by atoms with Gasteiger partial charge >= 0.3 is 0 Å². The third-order valence-corrected chi connectivity index (χ3v) is 4.89. The summed E-state index contributed by atoms with van der Waals surface area (Å²) in [5, 5.41) is 3.37. The van der Waals surface area contributed by atoms with E-state index in [2.05, 4.69) is 29.3 Å². The molecular weight excluding hydrogens is 380 g/mol. The highest BCUT2D eigenvalue weighted by Crippen LogP contribution is 2.14. The number of carbonyl (C=O) groups is 1. The highest BCUT2D eigenvalue weighted by Gasteiger charge is 2.25. The topological polar surface area (TPSA) is 70.3 Å². The number of rotatable bonds is 7. The van der Waals surface area contributed by atoms with Gasteiger partial charge in [-0.05, 0) is 57.0 Å². The SMILES string of the molecule is CCNC(=NCCc1ccc(OC(C)C)cc1)N1CCN(C(=O)c2ccco2)CC1. The van der Waals surface area contributed by atoms with Crippen LogP contribution < -0.4 is 10.1 Å². The first-order valence-electron chi connectivity index (χ1n) is 10.7. The minimum Gasteiger partial charge on any atom is -0.491 e.